The molecule has 0 aliphatic heterocycles. The molecule has 0 aliphatic rings. The van der Waals surface area contributed by atoms with Gasteiger partial charge in [-0.2, -0.15) is 0 Å². The van der Waals surface area contributed by atoms with Crippen molar-refractivity contribution in [3.63, 3.8) is 0 Å². The smallest absolute Gasteiger partial charge is 0.455 e. The summed E-state index contributed by atoms with van der Waals surface area (Å²) >= 11 is 0. The van der Waals surface area contributed by atoms with Gasteiger partial charge in [0.15, 0.2) is 0 Å². The molecule has 0 aliphatic carbocycles. The van der Waals surface area contributed by atoms with Crippen LogP contribution in [0.25, 0.3) is 0 Å². The van der Waals surface area contributed by atoms with Crippen molar-refractivity contribution in [3.05, 3.63) is 0 Å². The Morgan fingerprint density at radius 3 is 1.95 bits per heavy atom. The summed E-state index contributed by atoms with van der Waals surface area (Å²) in [7, 11) is -3.60. The molecule has 122 valence electrons. The maximum Gasteiger partial charge on any atom is 0.701 e. The highest BCUT2D eigenvalue weighted by atomic mass is 28.4. The fourth-order valence-corrected chi connectivity index (χ4v) is 3.25. The van der Waals surface area contributed by atoms with E-state index < -0.39 is 26.7 Å². The first-order valence-electron chi connectivity index (χ1n) is 6.98. The molecule has 0 rings (SSSR count). The topological polar surface area (TPSA) is 88.1 Å². The molecule has 7 nitrogen and oxygen atoms in total. The van der Waals surface area contributed by atoms with E-state index >= 15 is 0 Å². The van der Waals surface area contributed by atoms with Crippen molar-refractivity contribution < 1.29 is 32.4 Å². The average molecular weight is 320 g/mol. The van der Waals surface area contributed by atoms with Crippen molar-refractivity contribution in [1.82, 2.24) is 0 Å². The molecule has 0 aromatic carbocycles. The fourth-order valence-electron chi connectivity index (χ4n) is 1.56. The Morgan fingerprint density at radius 2 is 1.48 bits per heavy atom. The number of unbranched alkanes of at least 4 members (excludes halogenated alkanes) is 1. The van der Waals surface area contributed by atoms with Gasteiger partial charge in [0.2, 0.25) is 0 Å². The van der Waals surface area contributed by atoms with E-state index in [-0.39, 0.29) is 6.42 Å². The maximum absolute atomic E-state index is 11.7. The average Bonchev–Trinajstić information content (AvgIpc) is 2.30. The van der Waals surface area contributed by atoms with E-state index in [1.54, 1.807) is 0 Å². The van der Waals surface area contributed by atoms with Crippen LogP contribution in [0.1, 0.15) is 46.5 Å². The summed E-state index contributed by atoms with van der Waals surface area (Å²) in [5, 5.41) is 0. The molecule has 21 heavy (non-hydrogen) atoms. The zero-order valence-corrected chi connectivity index (χ0v) is 14.1. The zero-order chi connectivity index (χ0) is 16.3. The van der Waals surface area contributed by atoms with Crippen LogP contribution in [0.4, 0.5) is 0 Å². The number of rotatable bonds is 10. The van der Waals surface area contributed by atoms with Gasteiger partial charge in [-0.1, -0.05) is 6.92 Å². The Bertz CT molecular complexity index is 340. The molecule has 0 N–H and O–H groups in total. The van der Waals surface area contributed by atoms with Gasteiger partial charge in [-0.25, -0.2) is 0 Å². The minimum atomic E-state index is -3.60. The summed E-state index contributed by atoms with van der Waals surface area (Å²) in [6.45, 7) is 6.96. The van der Waals surface area contributed by atoms with Gasteiger partial charge in [0.05, 0.1) is 0 Å². The van der Waals surface area contributed by atoms with Gasteiger partial charge in [-0.15, -0.1) is 0 Å². The third-order valence-corrected chi connectivity index (χ3v) is 4.14. The van der Waals surface area contributed by atoms with Crippen LogP contribution in [-0.4, -0.2) is 39.9 Å². The van der Waals surface area contributed by atoms with Crippen molar-refractivity contribution in [3.8, 4) is 0 Å². The molecule has 0 fully saturated rings. The van der Waals surface area contributed by atoms with Gasteiger partial charge in [0.25, 0.3) is 17.9 Å². The predicted octanol–water partition coefficient (Wildman–Crippen LogP) is 1.82. The maximum atomic E-state index is 11.7. The minimum absolute atomic E-state index is 0.153. The summed E-state index contributed by atoms with van der Waals surface area (Å²) < 4.78 is 20.1. The zero-order valence-electron chi connectivity index (χ0n) is 13.1. The van der Waals surface area contributed by atoms with Crippen LogP contribution >= 0.6 is 0 Å². The molecule has 0 bridgehead atoms. The highest BCUT2D eigenvalue weighted by molar-refractivity contribution is 6.64. The van der Waals surface area contributed by atoms with E-state index in [0.29, 0.717) is 19.6 Å². The van der Waals surface area contributed by atoms with Crippen molar-refractivity contribution in [1.29, 1.82) is 0 Å². The van der Waals surface area contributed by atoms with E-state index in [1.807, 2.05) is 6.92 Å². The molecule has 0 saturated heterocycles. The number of carbonyl (C=O) groups excluding carboxylic acids is 3. The second-order valence-corrected chi connectivity index (χ2v) is 6.93. The van der Waals surface area contributed by atoms with Gasteiger partial charge < -0.3 is 18.0 Å². The monoisotopic (exact) mass is 320 g/mol. The summed E-state index contributed by atoms with van der Waals surface area (Å²) in [6.07, 6.45) is 2.43. The minimum Gasteiger partial charge on any atom is -0.455 e. The van der Waals surface area contributed by atoms with E-state index in [1.165, 1.54) is 6.55 Å². The van der Waals surface area contributed by atoms with Crippen molar-refractivity contribution >= 4 is 26.7 Å². The summed E-state index contributed by atoms with van der Waals surface area (Å²) in [5.41, 5.74) is 0. The van der Waals surface area contributed by atoms with Crippen LogP contribution < -0.4 is 0 Å². The third kappa shape index (κ3) is 11.0. The Balaban J connectivity index is 4.16. The first-order valence-corrected chi connectivity index (χ1v) is 9.20. The highest BCUT2D eigenvalue weighted by Crippen LogP contribution is 2.12. The quantitative estimate of drug-likeness (QED) is 0.448. The number of hydrogen-bond donors (Lipinski definition) is 0. The number of carbonyl (C=O) groups is 3. The second-order valence-electron chi connectivity index (χ2n) is 4.59. The van der Waals surface area contributed by atoms with Crippen LogP contribution in [-0.2, 0) is 32.4 Å². The second kappa shape index (κ2) is 10.3. The lowest BCUT2D eigenvalue weighted by molar-refractivity contribution is -0.148. The predicted molar refractivity (Wildman–Crippen MR) is 76.2 cm³/mol. The molecule has 0 heterocycles. The molecule has 0 amide bonds. The standard InChI is InChI=1S/C13H24O7Si/c1-5-9-17-10-7-6-8-13(16)20-21(4,18-11(2)14)19-12(3)15/h5-10H2,1-4H3. The van der Waals surface area contributed by atoms with Crippen LogP contribution in [0, 0.1) is 0 Å². The largest absolute Gasteiger partial charge is 0.701 e. The SMILES string of the molecule is CCCOCCCCC(=O)O[Si](C)(OC(C)=O)OC(C)=O. The first-order chi connectivity index (χ1) is 9.79. The Hall–Kier alpha value is -1.41. The van der Waals surface area contributed by atoms with Gasteiger partial charge in [-0.3, -0.25) is 14.4 Å². The summed E-state index contributed by atoms with van der Waals surface area (Å²) in [6, 6.07) is 0. The lowest BCUT2D eigenvalue weighted by Crippen LogP contribution is -2.46. The normalized spacial score (nSPS) is 10.9. The lowest BCUT2D eigenvalue weighted by atomic mass is 10.2. The van der Waals surface area contributed by atoms with Crippen LogP contribution in [0.2, 0.25) is 6.55 Å². The van der Waals surface area contributed by atoms with Crippen molar-refractivity contribution in [2.24, 2.45) is 0 Å². The summed E-state index contributed by atoms with van der Waals surface area (Å²) in [5.74, 6) is -1.88. The molecule has 0 radical (unpaired) electrons. The Labute approximate surface area is 126 Å². The van der Waals surface area contributed by atoms with Crippen molar-refractivity contribution in [2.75, 3.05) is 13.2 Å². The van der Waals surface area contributed by atoms with Crippen LogP contribution in [0.5, 0.6) is 0 Å². The Morgan fingerprint density at radius 1 is 0.905 bits per heavy atom. The third-order valence-electron chi connectivity index (χ3n) is 2.23. The van der Waals surface area contributed by atoms with Gasteiger partial charge in [0.1, 0.15) is 0 Å². The summed E-state index contributed by atoms with van der Waals surface area (Å²) in [4.78, 5) is 33.7. The lowest BCUT2D eigenvalue weighted by Gasteiger charge is -2.23. The molecular formula is C13H24O7Si. The molecule has 0 saturated carbocycles. The molecule has 0 aromatic rings. The van der Waals surface area contributed by atoms with E-state index in [0.717, 1.165) is 26.7 Å². The van der Waals surface area contributed by atoms with Crippen LogP contribution in [0.3, 0.4) is 0 Å². The number of hydrogen-bond acceptors (Lipinski definition) is 7. The molecular weight excluding hydrogens is 296 g/mol. The fraction of sp³-hybridized carbons (Fsp3) is 0.769. The first kappa shape index (κ1) is 19.6. The van der Waals surface area contributed by atoms with Gasteiger partial charge in [0, 0.05) is 40.0 Å². The van der Waals surface area contributed by atoms with E-state index in [2.05, 4.69) is 0 Å². The van der Waals surface area contributed by atoms with Crippen molar-refractivity contribution in [2.45, 2.75) is 53.0 Å². The van der Waals surface area contributed by atoms with Crippen LogP contribution in [0.15, 0.2) is 0 Å². The number of ether oxygens (including phenoxy) is 1. The molecule has 0 atom stereocenters. The van der Waals surface area contributed by atoms with E-state index in [9.17, 15) is 14.4 Å². The van der Waals surface area contributed by atoms with E-state index in [4.69, 9.17) is 18.0 Å². The van der Waals surface area contributed by atoms with Gasteiger partial charge in [-0.05, 0) is 19.3 Å². The molecule has 8 heteroatoms. The Kier molecular flexibility index (Phi) is 9.64. The molecule has 0 aromatic heterocycles. The highest BCUT2D eigenvalue weighted by Gasteiger charge is 2.46. The molecule has 0 unspecified atom stereocenters. The van der Waals surface area contributed by atoms with Gasteiger partial charge >= 0.3 is 8.80 Å². The molecule has 0 spiro atoms.